The fourth-order valence-corrected chi connectivity index (χ4v) is 2.85. The molecule has 128 valence electrons. The van der Waals surface area contributed by atoms with Gasteiger partial charge in [-0.05, 0) is 30.7 Å². The van der Waals surface area contributed by atoms with Crippen molar-refractivity contribution >= 4 is 34.1 Å². The molecule has 24 heavy (non-hydrogen) atoms. The number of carbonyl (C=O) groups excluding carboxylic acids is 3. The third-order valence-corrected chi connectivity index (χ3v) is 4.24. The second kappa shape index (κ2) is 8.30. The summed E-state index contributed by atoms with van der Waals surface area (Å²) in [7, 11) is 3.00. The molecule has 0 fully saturated rings. The number of nitrogens with zero attached hydrogens (tertiary/aromatic N) is 1. The van der Waals surface area contributed by atoms with Gasteiger partial charge in [0.1, 0.15) is 0 Å². The highest BCUT2D eigenvalue weighted by molar-refractivity contribution is 7.18. The molecule has 0 saturated carbocycles. The highest BCUT2D eigenvalue weighted by Gasteiger charge is 2.16. The van der Waals surface area contributed by atoms with E-state index in [0.717, 1.165) is 0 Å². The second-order valence-corrected chi connectivity index (χ2v) is 6.09. The number of ether oxygens (including phenoxy) is 1. The number of methoxy groups -OCH3 is 1. The van der Waals surface area contributed by atoms with Crippen LogP contribution < -0.4 is 5.32 Å². The zero-order valence-electron chi connectivity index (χ0n) is 13.4. The molecule has 0 aliphatic rings. The van der Waals surface area contributed by atoms with Gasteiger partial charge in [-0.1, -0.05) is 0 Å². The van der Waals surface area contributed by atoms with Gasteiger partial charge in [-0.25, -0.2) is 0 Å². The Morgan fingerprint density at radius 3 is 2.75 bits per heavy atom. The van der Waals surface area contributed by atoms with Crippen LogP contribution >= 0.6 is 11.3 Å². The van der Waals surface area contributed by atoms with Crippen LogP contribution in [0, 0.1) is 0 Å². The van der Waals surface area contributed by atoms with E-state index in [-0.39, 0.29) is 30.0 Å². The molecule has 0 unspecified atom stereocenters. The molecule has 0 aliphatic carbocycles. The van der Waals surface area contributed by atoms with Gasteiger partial charge in [0.15, 0.2) is 5.76 Å². The van der Waals surface area contributed by atoms with Crippen molar-refractivity contribution in [2.75, 3.05) is 26.0 Å². The number of nitrogens with one attached hydrogen (secondary N) is 1. The molecule has 0 radical (unpaired) electrons. The van der Waals surface area contributed by atoms with Gasteiger partial charge in [-0.2, -0.15) is 0 Å². The minimum absolute atomic E-state index is 0.164. The van der Waals surface area contributed by atoms with E-state index in [1.165, 1.54) is 29.6 Å². The van der Waals surface area contributed by atoms with E-state index in [9.17, 15) is 14.4 Å². The Morgan fingerprint density at radius 2 is 2.08 bits per heavy atom. The molecule has 2 aromatic rings. The second-order valence-electron chi connectivity index (χ2n) is 5.00. The Labute approximate surface area is 143 Å². The molecule has 2 heterocycles. The fourth-order valence-electron chi connectivity index (χ4n) is 1.95. The first kappa shape index (κ1) is 17.7. The lowest BCUT2D eigenvalue weighted by molar-refractivity contribution is -0.140. The van der Waals surface area contributed by atoms with Crippen LogP contribution in [-0.2, 0) is 9.53 Å². The summed E-state index contributed by atoms with van der Waals surface area (Å²) in [5, 5.41) is 3.24. The van der Waals surface area contributed by atoms with Crippen molar-refractivity contribution in [1.82, 2.24) is 4.90 Å². The van der Waals surface area contributed by atoms with Gasteiger partial charge >= 0.3 is 5.97 Å². The van der Waals surface area contributed by atoms with Crippen LogP contribution in [0.25, 0.3) is 0 Å². The summed E-state index contributed by atoms with van der Waals surface area (Å²) in [5.74, 6) is -0.623. The molecule has 1 N–H and O–H groups in total. The van der Waals surface area contributed by atoms with Gasteiger partial charge < -0.3 is 19.4 Å². The number of anilines is 1. The molecule has 8 heteroatoms. The lowest BCUT2D eigenvalue weighted by atomic mass is 10.3. The number of thiophene rings is 1. The van der Waals surface area contributed by atoms with E-state index in [1.807, 2.05) is 0 Å². The van der Waals surface area contributed by atoms with Crippen LogP contribution in [0.1, 0.15) is 33.1 Å². The Kier molecular flexibility index (Phi) is 6.14. The monoisotopic (exact) mass is 350 g/mol. The van der Waals surface area contributed by atoms with Gasteiger partial charge in [0, 0.05) is 20.0 Å². The Hall–Kier alpha value is -2.61. The Morgan fingerprint density at radius 1 is 1.29 bits per heavy atom. The maximum absolute atomic E-state index is 12.3. The molecular weight excluding hydrogens is 332 g/mol. The minimum Gasteiger partial charge on any atom is -0.469 e. The van der Waals surface area contributed by atoms with Crippen LogP contribution in [-0.4, -0.2) is 43.4 Å². The first-order chi connectivity index (χ1) is 11.5. The van der Waals surface area contributed by atoms with E-state index < -0.39 is 0 Å². The Bertz CT molecular complexity index is 708. The standard InChI is InChI=1S/C16H18N2O5S/c1-18(9-3-6-14(19)22-2)16(21)12-7-8-13(24-12)17-15(20)11-5-4-10-23-11/h4-5,7-8,10H,3,6,9H2,1-2H3,(H,17,20). The van der Waals surface area contributed by atoms with E-state index in [0.29, 0.717) is 22.8 Å². The van der Waals surface area contributed by atoms with Gasteiger partial charge in [-0.15, -0.1) is 11.3 Å². The predicted molar refractivity (Wildman–Crippen MR) is 89.2 cm³/mol. The van der Waals surface area contributed by atoms with Crippen LogP contribution in [0.4, 0.5) is 5.00 Å². The SMILES string of the molecule is COC(=O)CCCN(C)C(=O)c1ccc(NC(=O)c2ccco2)s1. The van der Waals surface area contributed by atoms with Crippen molar-refractivity contribution in [3.05, 3.63) is 41.2 Å². The summed E-state index contributed by atoms with van der Waals surface area (Å²) < 4.78 is 9.57. The van der Waals surface area contributed by atoms with Crippen LogP contribution in [0.15, 0.2) is 34.9 Å². The number of amides is 2. The van der Waals surface area contributed by atoms with E-state index in [2.05, 4.69) is 10.1 Å². The summed E-state index contributed by atoms with van der Waals surface area (Å²) in [6.07, 6.45) is 2.22. The van der Waals surface area contributed by atoms with Crippen LogP contribution in [0.5, 0.6) is 0 Å². The van der Waals surface area contributed by atoms with Crippen LogP contribution in [0.2, 0.25) is 0 Å². The molecule has 0 spiro atoms. The maximum atomic E-state index is 12.3. The smallest absolute Gasteiger partial charge is 0.305 e. The molecule has 2 aromatic heterocycles. The summed E-state index contributed by atoms with van der Waals surface area (Å²) in [6, 6.07) is 6.51. The predicted octanol–water partition coefficient (Wildman–Crippen LogP) is 2.62. The average Bonchev–Trinajstić information content (AvgIpc) is 3.25. The third-order valence-electron chi connectivity index (χ3n) is 3.25. The molecule has 0 aromatic carbocycles. The molecule has 7 nitrogen and oxygen atoms in total. The van der Waals surface area contributed by atoms with Crippen molar-refractivity contribution in [2.45, 2.75) is 12.8 Å². The molecule has 0 atom stereocenters. The van der Waals surface area contributed by atoms with Gasteiger partial charge in [0.2, 0.25) is 0 Å². The molecule has 0 aliphatic heterocycles. The van der Waals surface area contributed by atoms with Crippen LogP contribution in [0.3, 0.4) is 0 Å². The minimum atomic E-state index is -0.368. The lowest BCUT2D eigenvalue weighted by Gasteiger charge is -2.15. The van der Waals surface area contributed by atoms with Gasteiger partial charge in [0.25, 0.3) is 11.8 Å². The van der Waals surface area contributed by atoms with Crippen molar-refractivity contribution in [1.29, 1.82) is 0 Å². The summed E-state index contributed by atoms with van der Waals surface area (Å²) in [6.45, 7) is 0.444. The third kappa shape index (κ3) is 4.69. The first-order valence-electron chi connectivity index (χ1n) is 7.28. The lowest BCUT2D eigenvalue weighted by Crippen LogP contribution is -2.27. The number of esters is 1. The number of carbonyl (C=O) groups is 3. The van der Waals surface area contributed by atoms with Crippen molar-refractivity contribution < 1.29 is 23.5 Å². The fraction of sp³-hybridized carbons (Fsp3) is 0.312. The summed E-state index contributed by atoms with van der Waals surface area (Å²) in [4.78, 5) is 37.3. The topological polar surface area (TPSA) is 88.9 Å². The normalized spacial score (nSPS) is 10.2. The summed E-state index contributed by atoms with van der Waals surface area (Å²) >= 11 is 1.18. The highest BCUT2D eigenvalue weighted by atomic mass is 32.1. The molecular formula is C16H18N2O5S. The highest BCUT2D eigenvalue weighted by Crippen LogP contribution is 2.23. The first-order valence-corrected chi connectivity index (χ1v) is 8.10. The van der Waals surface area contributed by atoms with E-state index in [1.54, 1.807) is 31.3 Å². The van der Waals surface area contributed by atoms with E-state index in [4.69, 9.17) is 4.42 Å². The van der Waals surface area contributed by atoms with E-state index >= 15 is 0 Å². The van der Waals surface area contributed by atoms with Gasteiger partial charge in [-0.3, -0.25) is 14.4 Å². The van der Waals surface area contributed by atoms with Crippen molar-refractivity contribution in [3.63, 3.8) is 0 Å². The number of hydrogen-bond acceptors (Lipinski definition) is 6. The molecule has 0 bridgehead atoms. The van der Waals surface area contributed by atoms with Gasteiger partial charge in [0.05, 0.1) is 23.3 Å². The number of hydrogen-bond donors (Lipinski definition) is 1. The zero-order valence-corrected chi connectivity index (χ0v) is 14.2. The van der Waals surface area contributed by atoms with Crippen molar-refractivity contribution in [2.24, 2.45) is 0 Å². The molecule has 2 rings (SSSR count). The molecule has 2 amide bonds. The number of furan rings is 1. The summed E-state index contributed by atoms with van der Waals surface area (Å²) in [5.41, 5.74) is 0. The zero-order chi connectivity index (χ0) is 17.5. The largest absolute Gasteiger partial charge is 0.469 e. The number of rotatable bonds is 7. The van der Waals surface area contributed by atoms with Crippen molar-refractivity contribution in [3.8, 4) is 0 Å². The quantitative estimate of drug-likeness (QED) is 0.776. The Balaban J connectivity index is 1.88. The maximum Gasteiger partial charge on any atom is 0.305 e. The molecule has 0 saturated heterocycles. The average molecular weight is 350 g/mol.